The first-order valence-electron chi connectivity index (χ1n) is 4.54. The highest BCUT2D eigenvalue weighted by atomic mass is 19.1. The smallest absolute Gasteiger partial charge is 0.171 e. The number of carbonyl (C=O) groups is 1. The molecular weight excluding hydrogens is 202 g/mol. The van der Waals surface area contributed by atoms with Crippen LogP contribution in [0.1, 0.15) is 22.3 Å². The standard InChI is InChI=1S/C11H12F2O2/c1-7-3-4-8(12)10(11(7)13)9(14)5-6-15-2/h3-4H,5-6H2,1-2H3. The predicted octanol–water partition coefficient (Wildman–Crippen LogP) is 2.49. The van der Waals surface area contributed by atoms with E-state index in [1.54, 1.807) is 0 Å². The van der Waals surface area contributed by atoms with E-state index in [-0.39, 0.29) is 18.6 Å². The molecule has 0 heterocycles. The molecule has 15 heavy (non-hydrogen) atoms. The number of Topliss-reactive ketones (excluding diaryl/α,β-unsaturated/α-hetero) is 1. The van der Waals surface area contributed by atoms with Crippen LogP contribution in [0.4, 0.5) is 8.78 Å². The van der Waals surface area contributed by atoms with Crippen LogP contribution in [0.15, 0.2) is 12.1 Å². The molecule has 1 aromatic rings. The zero-order chi connectivity index (χ0) is 11.4. The number of hydrogen-bond acceptors (Lipinski definition) is 2. The Morgan fingerprint density at radius 2 is 2.07 bits per heavy atom. The van der Waals surface area contributed by atoms with Crippen LogP contribution in [0.3, 0.4) is 0 Å². The number of ketones is 1. The lowest BCUT2D eigenvalue weighted by Gasteiger charge is -2.05. The molecule has 0 aromatic heterocycles. The Labute approximate surface area is 86.9 Å². The maximum Gasteiger partial charge on any atom is 0.171 e. The summed E-state index contributed by atoms with van der Waals surface area (Å²) in [5, 5.41) is 0. The van der Waals surface area contributed by atoms with Gasteiger partial charge in [-0.25, -0.2) is 8.78 Å². The van der Waals surface area contributed by atoms with Crippen LogP contribution in [0.2, 0.25) is 0 Å². The topological polar surface area (TPSA) is 26.3 Å². The van der Waals surface area contributed by atoms with Crippen molar-refractivity contribution in [2.45, 2.75) is 13.3 Å². The van der Waals surface area contributed by atoms with Crippen molar-refractivity contribution in [3.63, 3.8) is 0 Å². The van der Waals surface area contributed by atoms with E-state index in [1.807, 2.05) is 0 Å². The van der Waals surface area contributed by atoms with Crippen LogP contribution in [0, 0.1) is 18.6 Å². The summed E-state index contributed by atoms with van der Waals surface area (Å²) < 4.78 is 31.3. The van der Waals surface area contributed by atoms with Gasteiger partial charge in [0.15, 0.2) is 5.78 Å². The second-order valence-corrected chi connectivity index (χ2v) is 3.22. The third-order valence-corrected chi connectivity index (χ3v) is 2.10. The summed E-state index contributed by atoms with van der Waals surface area (Å²) in [5.41, 5.74) is -0.204. The first kappa shape index (κ1) is 11.8. The fraction of sp³-hybridized carbons (Fsp3) is 0.364. The zero-order valence-corrected chi connectivity index (χ0v) is 8.64. The Bertz CT molecular complexity index is 375. The third-order valence-electron chi connectivity index (χ3n) is 2.10. The number of benzene rings is 1. The van der Waals surface area contributed by atoms with Crippen LogP contribution in [-0.2, 0) is 4.74 Å². The molecule has 0 bridgehead atoms. The van der Waals surface area contributed by atoms with E-state index in [2.05, 4.69) is 4.74 Å². The van der Waals surface area contributed by atoms with E-state index in [0.29, 0.717) is 0 Å². The van der Waals surface area contributed by atoms with Gasteiger partial charge in [0.05, 0.1) is 12.2 Å². The Hall–Kier alpha value is -1.29. The summed E-state index contributed by atoms with van der Waals surface area (Å²) in [6.07, 6.45) is -0.0200. The number of halogens is 2. The molecule has 4 heteroatoms. The molecule has 0 N–H and O–H groups in total. The van der Waals surface area contributed by atoms with Gasteiger partial charge in [-0.3, -0.25) is 4.79 Å². The van der Waals surface area contributed by atoms with Crippen molar-refractivity contribution >= 4 is 5.78 Å². The van der Waals surface area contributed by atoms with Gasteiger partial charge in [0.2, 0.25) is 0 Å². The summed E-state index contributed by atoms with van der Waals surface area (Å²) in [4.78, 5) is 11.4. The van der Waals surface area contributed by atoms with Crippen molar-refractivity contribution in [1.29, 1.82) is 0 Å². The minimum atomic E-state index is -0.820. The number of carbonyl (C=O) groups excluding carboxylic acids is 1. The monoisotopic (exact) mass is 214 g/mol. The molecular formula is C11H12F2O2. The number of aryl methyl sites for hydroxylation is 1. The lowest BCUT2D eigenvalue weighted by atomic mass is 10.0. The van der Waals surface area contributed by atoms with Crippen molar-refractivity contribution in [2.24, 2.45) is 0 Å². The van der Waals surface area contributed by atoms with Gasteiger partial charge in [0, 0.05) is 13.5 Å². The first-order chi connectivity index (χ1) is 7.07. The summed E-state index contributed by atoms with van der Waals surface area (Å²) >= 11 is 0. The van der Waals surface area contributed by atoms with Crippen molar-refractivity contribution in [3.05, 3.63) is 34.9 Å². The number of hydrogen-bond donors (Lipinski definition) is 0. The average Bonchev–Trinajstić information content (AvgIpc) is 2.21. The van der Waals surface area contributed by atoms with Gasteiger partial charge in [0.1, 0.15) is 11.6 Å². The summed E-state index contributed by atoms with van der Waals surface area (Å²) in [6.45, 7) is 1.65. The van der Waals surface area contributed by atoms with E-state index in [4.69, 9.17) is 0 Å². The lowest BCUT2D eigenvalue weighted by molar-refractivity contribution is 0.0924. The summed E-state index contributed by atoms with van der Waals surface area (Å²) in [6, 6.07) is 2.40. The van der Waals surface area contributed by atoms with Crippen LogP contribution in [0.5, 0.6) is 0 Å². The Morgan fingerprint density at radius 1 is 1.40 bits per heavy atom. The van der Waals surface area contributed by atoms with Gasteiger partial charge in [-0.15, -0.1) is 0 Å². The highest BCUT2D eigenvalue weighted by molar-refractivity contribution is 5.96. The molecule has 0 spiro atoms. The van der Waals surface area contributed by atoms with Crippen molar-refractivity contribution in [2.75, 3.05) is 13.7 Å². The molecule has 0 atom stereocenters. The van der Waals surface area contributed by atoms with E-state index in [1.165, 1.54) is 20.1 Å². The van der Waals surface area contributed by atoms with Gasteiger partial charge >= 0.3 is 0 Å². The average molecular weight is 214 g/mol. The Balaban J connectivity index is 3.02. The summed E-state index contributed by atoms with van der Waals surface area (Å²) in [7, 11) is 1.43. The van der Waals surface area contributed by atoms with E-state index < -0.39 is 23.0 Å². The molecule has 0 saturated heterocycles. The highest BCUT2D eigenvalue weighted by Crippen LogP contribution is 2.17. The molecule has 0 radical (unpaired) electrons. The number of rotatable bonds is 4. The normalized spacial score (nSPS) is 10.4. The number of methoxy groups -OCH3 is 1. The minimum absolute atomic E-state index is 0.0200. The van der Waals surface area contributed by atoms with Gasteiger partial charge in [-0.1, -0.05) is 6.07 Å². The molecule has 0 fully saturated rings. The maximum absolute atomic E-state index is 13.4. The molecule has 82 valence electrons. The Morgan fingerprint density at radius 3 is 2.67 bits per heavy atom. The van der Waals surface area contributed by atoms with E-state index >= 15 is 0 Å². The Kier molecular flexibility index (Phi) is 3.91. The zero-order valence-electron chi connectivity index (χ0n) is 8.64. The molecule has 0 unspecified atom stereocenters. The van der Waals surface area contributed by atoms with E-state index in [0.717, 1.165) is 6.07 Å². The van der Waals surface area contributed by atoms with Crippen LogP contribution in [0.25, 0.3) is 0 Å². The third kappa shape index (κ3) is 2.59. The van der Waals surface area contributed by atoms with E-state index in [9.17, 15) is 13.6 Å². The molecule has 1 rings (SSSR count). The molecule has 0 aliphatic heterocycles. The largest absolute Gasteiger partial charge is 0.384 e. The lowest BCUT2D eigenvalue weighted by Crippen LogP contribution is -2.09. The van der Waals surface area contributed by atoms with Gasteiger partial charge in [-0.05, 0) is 18.6 Å². The second-order valence-electron chi connectivity index (χ2n) is 3.22. The molecule has 0 amide bonds. The quantitative estimate of drug-likeness (QED) is 0.720. The van der Waals surface area contributed by atoms with Crippen molar-refractivity contribution < 1.29 is 18.3 Å². The highest BCUT2D eigenvalue weighted by Gasteiger charge is 2.18. The summed E-state index contributed by atoms with van der Waals surface area (Å²) in [5.74, 6) is -2.18. The van der Waals surface area contributed by atoms with Crippen LogP contribution in [-0.4, -0.2) is 19.5 Å². The fourth-order valence-electron chi connectivity index (χ4n) is 1.23. The number of ether oxygens (including phenoxy) is 1. The predicted molar refractivity (Wildman–Crippen MR) is 51.9 cm³/mol. The molecule has 0 aliphatic carbocycles. The minimum Gasteiger partial charge on any atom is -0.384 e. The van der Waals surface area contributed by atoms with Crippen molar-refractivity contribution in [3.8, 4) is 0 Å². The SMILES string of the molecule is COCCC(=O)c1c(F)ccc(C)c1F. The first-order valence-corrected chi connectivity index (χ1v) is 4.54. The maximum atomic E-state index is 13.4. The fourth-order valence-corrected chi connectivity index (χ4v) is 1.23. The molecule has 2 nitrogen and oxygen atoms in total. The molecule has 0 saturated carbocycles. The van der Waals surface area contributed by atoms with Gasteiger partial charge < -0.3 is 4.74 Å². The van der Waals surface area contributed by atoms with Crippen LogP contribution >= 0.6 is 0 Å². The van der Waals surface area contributed by atoms with Gasteiger partial charge in [0.25, 0.3) is 0 Å². The van der Waals surface area contributed by atoms with Crippen LogP contribution < -0.4 is 0 Å². The van der Waals surface area contributed by atoms with Gasteiger partial charge in [-0.2, -0.15) is 0 Å². The molecule has 1 aromatic carbocycles. The van der Waals surface area contributed by atoms with Crippen molar-refractivity contribution in [1.82, 2.24) is 0 Å². The second kappa shape index (κ2) is 4.98. The molecule has 0 aliphatic rings.